The molecule has 0 aliphatic carbocycles. The van der Waals surface area contributed by atoms with Gasteiger partial charge in [-0.2, -0.15) is 0 Å². The monoisotopic (exact) mass is 336 g/mol. The Morgan fingerprint density at radius 3 is 2.36 bits per heavy atom. The van der Waals surface area contributed by atoms with E-state index in [1.54, 1.807) is 0 Å². The Balaban J connectivity index is 1.59. The molecule has 1 aromatic heterocycles. The van der Waals surface area contributed by atoms with Gasteiger partial charge in [-0.15, -0.1) is 0 Å². The van der Waals surface area contributed by atoms with Crippen molar-refractivity contribution >= 4 is 28.0 Å². The summed E-state index contributed by atoms with van der Waals surface area (Å²) in [6.45, 7) is 5.55. The van der Waals surface area contributed by atoms with Gasteiger partial charge in [-0.3, -0.25) is 0 Å². The van der Waals surface area contributed by atoms with Crippen molar-refractivity contribution in [1.29, 1.82) is 0 Å². The molecule has 0 radical (unpaired) electrons. The molecule has 0 bridgehead atoms. The predicted octanol–water partition coefficient (Wildman–Crippen LogP) is 3.59. The molecule has 0 atom stereocenters. The average Bonchev–Trinajstić information content (AvgIpc) is 2.63. The molecule has 4 rings (SSSR count). The third kappa shape index (κ3) is 2.86. The largest absolute Gasteiger partial charge is 0.398 e. The second-order valence-corrected chi connectivity index (χ2v) is 6.49. The molecule has 1 aliphatic heterocycles. The summed E-state index contributed by atoms with van der Waals surface area (Å²) in [7, 11) is 0. The number of nitrogens with two attached hydrogens (primary N) is 1. The van der Waals surface area contributed by atoms with Gasteiger partial charge < -0.3 is 15.5 Å². The van der Waals surface area contributed by atoms with Crippen LogP contribution >= 0.6 is 0 Å². The van der Waals surface area contributed by atoms with E-state index in [-0.39, 0.29) is 5.82 Å². The number of anilines is 3. The van der Waals surface area contributed by atoms with Gasteiger partial charge in [-0.1, -0.05) is 12.1 Å². The van der Waals surface area contributed by atoms with Crippen molar-refractivity contribution in [2.45, 2.75) is 6.92 Å². The summed E-state index contributed by atoms with van der Waals surface area (Å²) in [6.07, 6.45) is 1.90. The van der Waals surface area contributed by atoms with Gasteiger partial charge in [0.15, 0.2) is 0 Å². The summed E-state index contributed by atoms with van der Waals surface area (Å²) >= 11 is 0. The fraction of sp³-hybridized carbons (Fsp3) is 0.250. The lowest BCUT2D eigenvalue weighted by atomic mass is 10.1. The van der Waals surface area contributed by atoms with Crippen molar-refractivity contribution in [3.05, 3.63) is 60.0 Å². The van der Waals surface area contributed by atoms with Gasteiger partial charge >= 0.3 is 0 Å². The molecule has 0 unspecified atom stereocenters. The van der Waals surface area contributed by atoms with Crippen molar-refractivity contribution < 1.29 is 4.39 Å². The molecule has 25 heavy (non-hydrogen) atoms. The molecule has 3 aromatic rings. The molecular weight excluding hydrogens is 315 g/mol. The highest BCUT2D eigenvalue weighted by Crippen LogP contribution is 2.31. The Hall–Kier alpha value is -2.82. The van der Waals surface area contributed by atoms with Crippen LogP contribution in [0.5, 0.6) is 0 Å². The standard InChI is InChI=1S/C20H21FN4/c1-14-13-23-20(17-3-2-4-18(22)19(14)17)25-11-9-24(10-12-25)16-7-5-15(21)6-8-16/h2-8,13H,9-12,22H2,1H3. The van der Waals surface area contributed by atoms with E-state index in [0.29, 0.717) is 0 Å². The maximum absolute atomic E-state index is 13.1. The summed E-state index contributed by atoms with van der Waals surface area (Å²) < 4.78 is 13.1. The van der Waals surface area contributed by atoms with E-state index >= 15 is 0 Å². The van der Waals surface area contributed by atoms with Gasteiger partial charge in [0, 0.05) is 54.5 Å². The van der Waals surface area contributed by atoms with Gasteiger partial charge in [-0.25, -0.2) is 9.37 Å². The van der Waals surface area contributed by atoms with Crippen molar-refractivity contribution in [2.24, 2.45) is 0 Å². The summed E-state index contributed by atoms with van der Waals surface area (Å²) in [5.41, 5.74) is 9.14. The number of pyridine rings is 1. The average molecular weight is 336 g/mol. The van der Waals surface area contributed by atoms with E-state index in [1.165, 1.54) is 12.1 Å². The normalized spacial score (nSPS) is 15.0. The van der Waals surface area contributed by atoms with Crippen molar-refractivity contribution in [3.63, 3.8) is 0 Å². The Morgan fingerprint density at radius 1 is 0.960 bits per heavy atom. The first-order valence-electron chi connectivity index (χ1n) is 8.53. The van der Waals surface area contributed by atoms with Crippen LogP contribution in [0.2, 0.25) is 0 Å². The maximum Gasteiger partial charge on any atom is 0.136 e. The fourth-order valence-electron chi connectivity index (χ4n) is 3.57. The number of piperazine rings is 1. The first kappa shape index (κ1) is 15.7. The zero-order valence-corrected chi connectivity index (χ0v) is 14.2. The number of aryl methyl sites for hydroxylation is 1. The molecule has 1 aliphatic rings. The van der Waals surface area contributed by atoms with Gasteiger partial charge in [0.2, 0.25) is 0 Å². The van der Waals surface area contributed by atoms with Gasteiger partial charge in [0.25, 0.3) is 0 Å². The van der Waals surface area contributed by atoms with Gasteiger partial charge in [-0.05, 0) is 42.8 Å². The molecule has 128 valence electrons. The fourth-order valence-corrected chi connectivity index (χ4v) is 3.57. The third-order valence-electron chi connectivity index (χ3n) is 4.88. The molecular formula is C20H21FN4. The molecule has 4 nitrogen and oxygen atoms in total. The topological polar surface area (TPSA) is 45.4 Å². The van der Waals surface area contributed by atoms with E-state index < -0.39 is 0 Å². The highest BCUT2D eigenvalue weighted by molar-refractivity contribution is 6.01. The highest BCUT2D eigenvalue weighted by atomic mass is 19.1. The van der Waals surface area contributed by atoms with Crippen LogP contribution in [0, 0.1) is 12.7 Å². The number of aromatic nitrogens is 1. The second kappa shape index (κ2) is 6.24. The Kier molecular flexibility index (Phi) is 3.92. The predicted molar refractivity (Wildman–Crippen MR) is 102 cm³/mol. The Labute approximate surface area is 146 Å². The number of benzene rings is 2. The van der Waals surface area contributed by atoms with Crippen LogP contribution < -0.4 is 15.5 Å². The molecule has 2 N–H and O–H groups in total. The van der Waals surface area contributed by atoms with Crippen LogP contribution in [0.15, 0.2) is 48.7 Å². The number of fused-ring (bicyclic) bond motifs is 1. The lowest BCUT2D eigenvalue weighted by molar-refractivity contribution is 0.624. The molecule has 2 aromatic carbocycles. The van der Waals surface area contributed by atoms with Crippen molar-refractivity contribution in [3.8, 4) is 0 Å². The number of nitrogen functional groups attached to an aromatic ring is 1. The Bertz CT molecular complexity index is 891. The number of hydrogen-bond acceptors (Lipinski definition) is 4. The molecule has 5 heteroatoms. The first-order chi connectivity index (χ1) is 12.1. The summed E-state index contributed by atoms with van der Waals surface area (Å²) in [5, 5.41) is 2.20. The van der Waals surface area contributed by atoms with Gasteiger partial charge in [0.05, 0.1) is 0 Å². The number of nitrogens with zero attached hydrogens (tertiary/aromatic N) is 3. The number of hydrogen-bond donors (Lipinski definition) is 1. The second-order valence-electron chi connectivity index (χ2n) is 6.49. The lowest BCUT2D eigenvalue weighted by Crippen LogP contribution is -2.46. The summed E-state index contributed by atoms with van der Waals surface area (Å²) in [6, 6.07) is 12.7. The van der Waals surface area contributed by atoms with Gasteiger partial charge in [0.1, 0.15) is 11.6 Å². The minimum absolute atomic E-state index is 0.199. The van der Waals surface area contributed by atoms with E-state index in [9.17, 15) is 4.39 Å². The summed E-state index contributed by atoms with van der Waals surface area (Å²) in [5.74, 6) is 0.793. The zero-order valence-electron chi connectivity index (χ0n) is 14.2. The molecule has 1 fully saturated rings. The quantitative estimate of drug-likeness (QED) is 0.727. The SMILES string of the molecule is Cc1cnc(N2CCN(c3ccc(F)cc3)CC2)c2cccc(N)c12. The van der Waals surface area contributed by atoms with E-state index in [2.05, 4.69) is 20.9 Å². The van der Waals surface area contributed by atoms with Crippen LogP contribution in [0.4, 0.5) is 21.6 Å². The van der Waals surface area contributed by atoms with Crippen LogP contribution in [0.1, 0.15) is 5.56 Å². The Morgan fingerprint density at radius 2 is 1.64 bits per heavy atom. The highest BCUT2D eigenvalue weighted by Gasteiger charge is 2.20. The van der Waals surface area contributed by atoms with Crippen molar-refractivity contribution in [1.82, 2.24) is 4.98 Å². The van der Waals surface area contributed by atoms with Crippen molar-refractivity contribution in [2.75, 3.05) is 41.7 Å². The maximum atomic E-state index is 13.1. The number of rotatable bonds is 2. The third-order valence-corrected chi connectivity index (χ3v) is 4.88. The summed E-state index contributed by atoms with van der Waals surface area (Å²) in [4.78, 5) is 9.27. The molecule has 0 spiro atoms. The molecule has 0 saturated carbocycles. The van der Waals surface area contributed by atoms with Crippen LogP contribution in [0.25, 0.3) is 10.8 Å². The van der Waals surface area contributed by atoms with Crippen LogP contribution in [0.3, 0.4) is 0 Å². The minimum atomic E-state index is -0.199. The smallest absolute Gasteiger partial charge is 0.136 e. The first-order valence-corrected chi connectivity index (χ1v) is 8.53. The lowest BCUT2D eigenvalue weighted by Gasteiger charge is -2.37. The van der Waals surface area contributed by atoms with Crippen LogP contribution in [-0.4, -0.2) is 31.2 Å². The minimum Gasteiger partial charge on any atom is -0.398 e. The molecule has 0 amide bonds. The molecule has 2 heterocycles. The van der Waals surface area contributed by atoms with E-state index in [4.69, 9.17) is 5.73 Å². The zero-order chi connectivity index (χ0) is 17.4. The number of halogens is 1. The van der Waals surface area contributed by atoms with Crippen LogP contribution in [-0.2, 0) is 0 Å². The van der Waals surface area contributed by atoms with E-state index in [1.807, 2.05) is 37.4 Å². The van der Waals surface area contributed by atoms with E-state index in [0.717, 1.165) is 59.7 Å². The molecule has 1 saturated heterocycles.